The molecule has 0 saturated carbocycles. The van der Waals surface area contributed by atoms with Crippen LogP contribution < -0.4 is 9.64 Å². The van der Waals surface area contributed by atoms with Crippen molar-refractivity contribution in [1.82, 2.24) is 0 Å². The first-order chi connectivity index (χ1) is 18.5. The van der Waals surface area contributed by atoms with Crippen LogP contribution in [0.15, 0.2) is 121 Å². The van der Waals surface area contributed by atoms with Gasteiger partial charge in [-0.2, -0.15) is 0 Å². The van der Waals surface area contributed by atoms with E-state index >= 15 is 0 Å². The van der Waals surface area contributed by atoms with E-state index in [2.05, 4.69) is 116 Å². The number of ether oxygens (including phenoxy) is 1. The molecule has 5 rings (SSSR count). The normalized spacial score (nSPS) is 10.7. The summed E-state index contributed by atoms with van der Waals surface area (Å²) in [6.45, 7) is 5.99. The Bertz CT molecular complexity index is 1410. The van der Waals surface area contributed by atoms with Crippen molar-refractivity contribution in [3.8, 4) is 28.0 Å². The molecule has 0 heterocycles. The summed E-state index contributed by atoms with van der Waals surface area (Å²) in [5.74, 6) is 0.304. The van der Waals surface area contributed by atoms with Crippen LogP contribution in [-0.4, -0.2) is 5.97 Å². The smallest absolute Gasteiger partial charge is 0.310 e. The van der Waals surface area contributed by atoms with E-state index in [9.17, 15) is 4.79 Å². The highest BCUT2D eigenvalue weighted by molar-refractivity contribution is 5.80. The lowest BCUT2D eigenvalue weighted by Gasteiger charge is -2.26. The van der Waals surface area contributed by atoms with Gasteiger partial charge in [0.2, 0.25) is 0 Å². The molecule has 188 valence electrons. The Balaban J connectivity index is 1.50. The van der Waals surface area contributed by atoms with Crippen LogP contribution in [0.3, 0.4) is 0 Å². The van der Waals surface area contributed by atoms with Crippen LogP contribution >= 0.6 is 0 Å². The molecular weight excluding hydrogens is 466 g/mol. The van der Waals surface area contributed by atoms with Crippen LogP contribution in [0.25, 0.3) is 22.3 Å². The maximum atomic E-state index is 11.7. The van der Waals surface area contributed by atoms with Gasteiger partial charge in [0.25, 0.3) is 0 Å². The van der Waals surface area contributed by atoms with Crippen molar-refractivity contribution in [2.45, 2.75) is 27.2 Å². The number of aryl methyl sites for hydroxylation is 2. The van der Waals surface area contributed by atoms with Crippen LogP contribution in [0.1, 0.15) is 24.5 Å². The zero-order valence-electron chi connectivity index (χ0n) is 22.0. The predicted molar refractivity (Wildman–Crippen MR) is 157 cm³/mol. The average Bonchev–Trinajstić information content (AvgIpc) is 2.96. The van der Waals surface area contributed by atoms with Crippen molar-refractivity contribution < 1.29 is 9.53 Å². The quantitative estimate of drug-likeness (QED) is 0.166. The van der Waals surface area contributed by atoms with Gasteiger partial charge in [0.05, 0.1) is 0 Å². The largest absolute Gasteiger partial charge is 0.427 e. The minimum Gasteiger partial charge on any atom is -0.427 e. The Morgan fingerprint density at radius 2 is 0.842 bits per heavy atom. The van der Waals surface area contributed by atoms with Gasteiger partial charge in [0.1, 0.15) is 5.75 Å². The van der Waals surface area contributed by atoms with E-state index in [1.54, 1.807) is 6.92 Å². The zero-order chi connectivity index (χ0) is 26.5. The molecule has 0 spiro atoms. The molecule has 0 aliphatic heterocycles. The first kappa shape index (κ1) is 25.0. The maximum absolute atomic E-state index is 11.7. The number of nitrogens with zero attached hydrogens (tertiary/aromatic N) is 1. The number of carbonyl (C=O) groups excluding carboxylic acids is 1. The lowest BCUT2D eigenvalue weighted by molar-refractivity contribution is -0.134. The Hall–Kier alpha value is -4.63. The van der Waals surface area contributed by atoms with Gasteiger partial charge < -0.3 is 9.64 Å². The first-order valence-electron chi connectivity index (χ1n) is 13.0. The average molecular weight is 498 g/mol. The Morgan fingerprint density at radius 3 is 1.18 bits per heavy atom. The molecule has 0 unspecified atom stereocenters. The third-order valence-corrected chi connectivity index (χ3v) is 6.64. The topological polar surface area (TPSA) is 29.5 Å². The standard InChI is InChI=1S/C35H31NO2/c1-4-35(37)38-34-23-21-33(22-24-34)36(31-17-13-29(14-18-31)27-9-5-25(2)6-10-27)32-19-15-30(16-20-32)28-11-7-26(3)8-12-28/h5-24H,4H2,1-3H3. The van der Waals surface area contributed by atoms with E-state index in [0.29, 0.717) is 12.2 Å². The van der Waals surface area contributed by atoms with Gasteiger partial charge in [-0.3, -0.25) is 4.79 Å². The number of hydrogen-bond acceptors (Lipinski definition) is 3. The van der Waals surface area contributed by atoms with Crippen molar-refractivity contribution in [3.05, 3.63) is 132 Å². The fraction of sp³-hybridized carbons (Fsp3) is 0.114. The van der Waals surface area contributed by atoms with E-state index in [4.69, 9.17) is 4.74 Å². The molecule has 0 N–H and O–H groups in total. The molecule has 38 heavy (non-hydrogen) atoms. The van der Waals surface area contributed by atoms with Crippen LogP contribution in [0.2, 0.25) is 0 Å². The highest BCUT2D eigenvalue weighted by atomic mass is 16.5. The van der Waals surface area contributed by atoms with Crippen LogP contribution in [0.5, 0.6) is 5.75 Å². The van der Waals surface area contributed by atoms with E-state index in [1.165, 1.54) is 33.4 Å². The summed E-state index contributed by atoms with van der Waals surface area (Å²) in [5.41, 5.74) is 10.3. The highest BCUT2D eigenvalue weighted by Crippen LogP contribution is 2.37. The minimum absolute atomic E-state index is 0.243. The van der Waals surface area contributed by atoms with Gasteiger partial charge in [-0.25, -0.2) is 0 Å². The molecule has 0 radical (unpaired) electrons. The van der Waals surface area contributed by atoms with E-state index < -0.39 is 0 Å². The molecule has 5 aromatic rings. The number of esters is 1. The van der Waals surface area contributed by atoms with Crippen LogP contribution in [0, 0.1) is 13.8 Å². The summed E-state index contributed by atoms with van der Waals surface area (Å²) in [5, 5.41) is 0. The van der Waals surface area contributed by atoms with Gasteiger partial charge in [-0.05, 0) is 84.6 Å². The number of rotatable bonds is 7. The SMILES string of the molecule is CCC(=O)Oc1ccc(N(c2ccc(-c3ccc(C)cc3)cc2)c2ccc(-c3ccc(C)cc3)cc2)cc1. The molecule has 0 amide bonds. The fourth-order valence-electron chi connectivity index (χ4n) is 4.41. The Kier molecular flexibility index (Phi) is 7.37. The second kappa shape index (κ2) is 11.2. The maximum Gasteiger partial charge on any atom is 0.310 e. The minimum atomic E-state index is -0.243. The van der Waals surface area contributed by atoms with Crippen molar-refractivity contribution in [2.75, 3.05) is 4.90 Å². The molecule has 0 fully saturated rings. The van der Waals surface area contributed by atoms with Gasteiger partial charge >= 0.3 is 5.97 Å². The van der Waals surface area contributed by atoms with E-state index in [0.717, 1.165) is 17.1 Å². The summed E-state index contributed by atoms with van der Waals surface area (Å²) in [4.78, 5) is 14.0. The van der Waals surface area contributed by atoms with Crippen molar-refractivity contribution in [1.29, 1.82) is 0 Å². The van der Waals surface area contributed by atoms with Gasteiger partial charge in [-0.15, -0.1) is 0 Å². The molecule has 0 aliphatic carbocycles. The summed E-state index contributed by atoms with van der Waals surface area (Å²) in [7, 11) is 0. The summed E-state index contributed by atoms with van der Waals surface area (Å²) in [6.07, 6.45) is 0.342. The summed E-state index contributed by atoms with van der Waals surface area (Å²) < 4.78 is 5.40. The van der Waals surface area contributed by atoms with Gasteiger partial charge in [0, 0.05) is 23.5 Å². The van der Waals surface area contributed by atoms with Crippen LogP contribution in [0.4, 0.5) is 17.1 Å². The van der Waals surface area contributed by atoms with Crippen molar-refractivity contribution in [2.24, 2.45) is 0 Å². The summed E-state index contributed by atoms with van der Waals surface area (Å²) >= 11 is 0. The zero-order valence-corrected chi connectivity index (χ0v) is 22.0. The molecule has 5 aromatic carbocycles. The highest BCUT2D eigenvalue weighted by Gasteiger charge is 2.14. The molecule has 0 saturated heterocycles. The molecule has 0 bridgehead atoms. The molecule has 0 atom stereocenters. The first-order valence-corrected chi connectivity index (χ1v) is 13.0. The van der Waals surface area contributed by atoms with E-state index in [1.807, 2.05) is 24.3 Å². The Labute approximate surface area is 225 Å². The van der Waals surface area contributed by atoms with Gasteiger partial charge in [0.15, 0.2) is 0 Å². The van der Waals surface area contributed by atoms with Gasteiger partial charge in [-0.1, -0.05) is 90.8 Å². The number of carbonyl (C=O) groups is 1. The molecular formula is C35H31NO2. The Morgan fingerprint density at radius 1 is 0.526 bits per heavy atom. The van der Waals surface area contributed by atoms with E-state index in [-0.39, 0.29) is 5.97 Å². The predicted octanol–water partition coefficient (Wildman–Crippen LogP) is 9.42. The molecule has 3 nitrogen and oxygen atoms in total. The molecule has 0 aliphatic rings. The van der Waals surface area contributed by atoms with Crippen LogP contribution in [-0.2, 0) is 4.79 Å². The third kappa shape index (κ3) is 5.68. The molecule has 0 aromatic heterocycles. The number of hydrogen-bond donors (Lipinski definition) is 0. The van der Waals surface area contributed by atoms with Crippen molar-refractivity contribution in [3.63, 3.8) is 0 Å². The lowest BCUT2D eigenvalue weighted by atomic mass is 10.0. The second-order valence-corrected chi connectivity index (χ2v) is 9.48. The monoisotopic (exact) mass is 497 g/mol. The fourth-order valence-corrected chi connectivity index (χ4v) is 4.41. The lowest BCUT2D eigenvalue weighted by Crippen LogP contribution is -2.10. The third-order valence-electron chi connectivity index (χ3n) is 6.64. The number of benzene rings is 5. The van der Waals surface area contributed by atoms with Crippen molar-refractivity contribution >= 4 is 23.0 Å². The summed E-state index contributed by atoms with van der Waals surface area (Å²) in [6, 6.07) is 42.0. The molecule has 3 heteroatoms. The number of anilines is 3. The second-order valence-electron chi connectivity index (χ2n) is 9.48.